The number of imidazole rings is 1. The van der Waals surface area contributed by atoms with E-state index in [4.69, 9.17) is 0 Å². The Bertz CT molecular complexity index is 772. The number of nitrogens with zero attached hydrogens (tertiary/aromatic N) is 6. The van der Waals surface area contributed by atoms with E-state index in [1.54, 1.807) is 24.9 Å². The number of aromatic nitrogens is 6. The quantitative estimate of drug-likeness (QED) is 0.730. The lowest BCUT2D eigenvalue weighted by Gasteiger charge is -2.16. The fraction of sp³-hybridized carbons (Fsp3) is 0.375. The van der Waals surface area contributed by atoms with Crippen LogP contribution in [-0.2, 0) is 6.54 Å². The van der Waals surface area contributed by atoms with Crippen LogP contribution in [0.2, 0.25) is 0 Å². The maximum Gasteiger partial charge on any atom is 0.224 e. The summed E-state index contributed by atoms with van der Waals surface area (Å²) in [5, 5.41) is 17.8. The Morgan fingerprint density at radius 2 is 2.17 bits per heavy atom. The third-order valence-electron chi connectivity index (χ3n) is 4.36. The molecule has 3 atom stereocenters. The predicted octanol–water partition coefficient (Wildman–Crippen LogP) is 1.11. The smallest absolute Gasteiger partial charge is 0.224 e. The minimum atomic E-state index is -0.411. The van der Waals surface area contributed by atoms with Crippen LogP contribution in [0.15, 0.2) is 49.4 Å². The van der Waals surface area contributed by atoms with Crippen molar-refractivity contribution in [3.63, 3.8) is 0 Å². The van der Waals surface area contributed by atoms with Crippen molar-refractivity contribution >= 4 is 5.95 Å². The third-order valence-corrected chi connectivity index (χ3v) is 4.36. The maximum absolute atomic E-state index is 10.3. The molecule has 124 valence electrons. The predicted molar refractivity (Wildman–Crippen MR) is 87.5 cm³/mol. The molecule has 3 aromatic rings. The molecule has 8 heteroatoms. The Morgan fingerprint density at radius 1 is 1.21 bits per heavy atom. The van der Waals surface area contributed by atoms with Gasteiger partial charge in [0, 0.05) is 37.5 Å². The van der Waals surface area contributed by atoms with Gasteiger partial charge in [0.15, 0.2) is 0 Å². The van der Waals surface area contributed by atoms with Crippen LogP contribution in [0.5, 0.6) is 0 Å². The lowest BCUT2D eigenvalue weighted by atomic mass is 10.1. The molecule has 1 aliphatic rings. The molecule has 1 saturated carbocycles. The van der Waals surface area contributed by atoms with E-state index in [0.717, 1.165) is 25.2 Å². The van der Waals surface area contributed by atoms with Crippen molar-refractivity contribution in [1.29, 1.82) is 0 Å². The van der Waals surface area contributed by atoms with Gasteiger partial charge in [-0.2, -0.15) is 10.1 Å². The van der Waals surface area contributed by atoms with Crippen molar-refractivity contribution in [3.05, 3.63) is 49.4 Å². The highest BCUT2D eigenvalue weighted by molar-refractivity contribution is 5.33. The minimum absolute atomic E-state index is 0.0522. The molecule has 0 aromatic carbocycles. The van der Waals surface area contributed by atoms with Gasteiger partial charge < -0.3 is 10.4 Å². The van der Waals surface area contributed by atoms with Crippen LogP contribution in [0.3, 0.4) is 0 Å². The van der Waals surface area contributed by atoms with Crippen LogP contribution in [0.1, 0.15) is 12.8 Å². The van der Waals surface area contributed by atoms with Gasteiger partial charge in [-0.3, -0.25) is 9.25 Å². The normalized spacial score (nSPS) is 23.5. The Balaban J connectivity index is 1.42. The Labute approximate surface area is 139 Å². The lowest BCUT2D eigenvalue weighted by molar-refractivity contribution is 0.165. The maximum atomic E-state index is 10.3. The highest BCUT2D eigenvalue weighted by Crippen LogP contribution is 2.29. The summed E-state index contributed by atoms with van der Waals surface area (Å²) in [5.74, 6) is 1.64. The zero-order chi connectivity index (χ0) is 16.4. The molecular weight excluding hydrogens is 306 g/mol. The molecule has 24 heavy (non-hydrogen) atoms. The average molecular weight is 325 g/mol. The molecule has 1 unspecified atom stereocenters. The summed E-state index contributed by atoms with van der Waals surface area (Å²) in [6.45, 7) is 0.818. The highest BCUT2D eigenvalue weighted by Gasteiger charge is 2.33. The van der Waals surface area contributed by atoms with Gasteiger partial charge in [-0.25, -0.2) is 9.97 Å². The molecule has 0 bridgehead atoms. The van der Waals surface area contributed by atoms with Gasteiger partial charge >= 0.3 is 0 Å². The van der Waals surface area contributed by atoms with E-state index < -0.39 is 6.10 Å². The average Bonchev–Trinajstić information content (AvgIpc) is 3.32. The summed E-state index contributed by atoms with van der Waals surface area (Å²) in [5.41, 5.74) is 0. The van der Waals surface area contributed by atoms with Gasteiger partial charge in [-0.15, -0.1) is 0 Å². The van der Waals surface area contributed by atoms with Gasteiger partial charge in [0.2, 0.25) is 5.95 Å². The number of rotatable bonds is 5. The van der Waals surface area contributed by atoms with E-state index in [1.807, 2.05) is 33.8 Å². The van der Waals surface area contributed by atoms with E-state index in [0.29, 0.717) is 11.9 Å². The molecule has 0 radical (unpaired) electrons. The molecule has 1 aliphatic carbocycles. The number of aliphatic hydroxyl groups excluding tert-OH is 1. The summed E-state index contributed by atoms with van der Waals surface area (Å²) >= 11 is 0. The SMILES string of the molecule is O[C@@H]1CC(Cn2cccn2)C[C@H]1Nc1nccc(-n2ccnc2)n1. The molecule has 4 rings (SSSR count). The largest absolute Gasteiger partial charge is 0.391 e. The number of hydrogen-bond donors (Lipinski definition) is 2. The van der Waals surface area contributed by atoms with Crippen molar-refractivity contribution in [2.45, 2.75) is 31.5 Å². The van der Waals surface area contributed by atoms with Gasteiger partial charge in [0.25, 0.3) is 0 Å². The third kappa shape index (κ3) is 3.13. The Kier molecular flexibility index (Phi) is 3.96. The van der Waals surface area contributed by atoms with E-state index in [9.17, 15) is 5.11 Å². The molecule has 3 aromatic heterocycles. The summed E-state index contributed by atoms with van der Waals surface area (Å²) in [7, 11) is 0. The van der Waals surface area contributed by atoms with Crippen molar-refractivity contribution in [1.82, 2.24) is 29.3 Å². The lowest BCUT2D eigenvalue weighted by Crippen LogP contribution is -2.29. The first-order valence-corrected chi connectivity index (χ1v) is 8.01. The van der Waals surface area contributed by atoms with Gasteiger partial charge in [0.1, 0.15) is 12.1 Å². The number of nitrogens with one attached hydrogen (secondary N) is 1. The van der Waals surface area contributed by atoms with Crippen LogP contribution in [0.4, 0.5) is 5.95 Å². The number of hydrogen-bond acceptors (Lipinski definition) is 6. The zero-order valence-corrected chi connectivity index (χ0v) is 13.1. The highest BCUT2D eigenvalue weighted by atomic mass is 16.3. The van der Waals surface area contributed by atoms with Gasteiger partial charge in [-0.1, -0.05) is 0 Å². The first-order valence-electron chi connectivity index (χ1n) is 8.01. The number of anilines is 1. The van der Waals surface area contributed by atoms with E-state index in [1.165, 1.54) is 0 Å². The second-order valence-corrected chi connectivity index (χ2v) is 6.09. The zero-order valence-electron chi connectivity index (χ0n) is 13.1. The second-order valence-electron chi connectivity index (χ2n) is 6.09. The molecule has 3 heterocycles. The van der Waals surface area contributed by atoms with Crippen LogP contribution in [-0.4, -0.2) is 46.6 Å². The summed E-state index contributed by atoms with van der Waals surface area (Å²) < 4.78 is 3.73. The van der Waals surface area contributed by atoms with Crippen molar-refractivity contribution in [2.24, 2.45) is 5.92 Å². The standard InChI is InChI=1S/C16H19N7O/c24-14-9-12(10-23-6-1-3-19-23)8-13(14)20-16-18-4-2-15(21-16)22-7-5-17-11-22/h1-7,11-14,24H,8-10H2,(H,18,20,21)/t12?,13-,14-/m1/s1. The van der Waals surface area contributed by atoms with Crippen LogP contribution in [0, 0.1) is 5.92 Å². The molecule has 8 nitrogen and oxygen atoms in total. The topological polar surface area (TPSA) is 93.7 Å². The van der Waals surface area contributed by atoms with E-state index >= 15 is 0 Å². The number of aliphatic hydroxyl groups is 1. The molecule has 0 saturated heterocycles. The fourth-order valence-corrected chi connectivity index (χ4v) is 3.22. The molecular formula is C16H19N7O. The Morgan fingerprint density at radius 3 is 2.96 bits per heavy atom. The van der Waals surface area contributed by atoms with E-state index in [2.05, 4.69) is 25.4 Å². The van der Waals surface area contributed by atoms with Crippen LogP contribution in [0.25, 0.3) is 5.82 Å². The minimum Gasteiger partial charge on any atom is -0.391 e. The van der Waals surface area contributed by atoms with Gasteiger partial charge in [-0.05, 0) is 30.9 Å². The summed E-state index contributed by atoms with van der Waals surface area (Å²) in [6.07, 6.45) is 11.8. The first kappa shape index (κ1) is 14.8. The Hall–Kier alpha value is -2.74. The second kappa shape index (κ2) is 6.40. The first-order chi connectivity index (χ1) is 11.8. The molecule has 0 spiro atoms. The van der Waals surface area contributed by atoms with Gasteiger partial charge in [0.05, 0.1) is 12.1 Å². The monoisotopic (exact) mass is 325 g/mol. The molecule has 2 N–H and O–H groups in total. The van der Waals surface area contributed by atoms with Crippen molar-refractivity contribution < 1.29 is 5.11 Å². The van der Waals surface area contributed by atoms with Crippen LogP contribution >= 0.6 is 0 Å². The molecule has 0 amide bonds. The summed E-state index contributed by atoms with van der Waals surface area (Å²) in [6, 6.07) is 3.68. The van der Waals surface area contributed by atoms with Crippen LogP contribution < -0.4 is 5.32 Å². The summed E-state index contributed by atoms with van der Waals surface area (Å²) in [4.78, 5) is 12.8. The van der Waals surface area contributed by atoms with E-state index in [-0.39, 0.29) is 6.04 Å². The van der Waals surface area contributed by atoms with Crippen molar-refractivity contribution in [2.75, 3.05) is 5.32 Å². The fourth-order valence-electron chi connectivity index (χ4n) is 3.22. The molecule has 0 aliphatic heterocycles. The molecule has 1 fully saturated rings. The van der Waals surface area contributed by atoms with Crippen molar-refractivity contribution in [3.8, 4) is 5.82 Å².